The summed E-state index contributed by atoms with van der Waals surface area (Å²) >= 11 is 0. The smallest absolute Gasteiger partial charge is 0.111 e. The van der Waals surface area contributed by atoms with Crippen molar-refractivity contribution in [3.63, 3.8) is 0 Å². The van der Waals surface area contributed by atoms with Crippen LogP contribution in [0.2, 0.25) is 0 Å². The van der Waals surface area contributed by atoms with Crippen molar-refractivity contribution in [2.45, 2.75) is 6.54 Å². The second-order valence-electron chi connectivity index (χ2n) is 3.06. The second kappa shape index (κ2) is 6.41. The highest BCUT2D eigenvalue weighted by atomic mass is 35.5. The predicted octanol–water partition coefficient (Wildman–Crippen LogP) is 1.63. The van der Waals surface area contributed by atoms with Crippen LogP contribution >= 0.6 is 32.0 Å². The van der Waals surface area contributed by atoms with Crippen molar-refractivity contribution < 1.29 is 4.57 Å². The minimum absolute atomic E-state index is 0. The average molecular weight is 257 g/mol. The quantitative estimate of drug-likeness (QED) is 0.819. The van der Waals surface area contributed by atoms with E-state index in [1.165, 1.54) is 0 Å². The average Bonchev–Trinajstić information content (AvgIpc) is 2.03. The molecule has 82 valence electrons. The molecule has 0 spiro atoms. The number of aromatic nitrogens is 1. The Kier molecular flexibility index (Phi) is 7.49. The second-order valence-corrected chi connectivity index (χ2v) is 6.28. The van der Waals surface area contributed by atoms with Crippen LogP contribution < -0.4 is 11.0 Å². The molecule has 0 atom stereocenters. The number of pyridine rings is 1. The van der Waals surface area contributed by atoms with E-state index in [2.05, 4.69) is 4.98 Å². The number of nitrogens with two attached hydrogens (primary N) is 1. The van der Waals surface area contributed by atoms with Crippen molar-refractivity contribution in [2.24, 2.45) is 5.73 Å². The van der Waals surface area contributed by atoms with Gasteiger partial charge in [-0.3, -0.25) is 4.98 Å². The topological polar surface area (TPSA) is 56.0 Å². The molecule has 3 nitrogen and oxygen atoms in total. The van der Waals surface area contributed by atoms with Crippen molar-refractivity contribution in [3.8, 4) is 0 Å². The molecule has 0 saturated heterocycles. The lowest BCUT2D eigenvalue weighted by Gasteiger charge is -2.05. The Labute approximate surface area is 96.7 Å². The molecule has 0 aliphatic heterocycles. The van der Waals surface area contributed by atoms with Gasteiger partial charge in [-0.1, -0.05) is 0 Å². The highest BCUT2D eigenvalue weighted by Gasteiger charge is 2.10. The molecule has 0 unspecified atom stereocenters. The number of halogens is 2. The maximum Gasteiger partial charge on any atom is 0.111 e. The van der Waals surface area contributed by atoms with Crippen LogP contribution in [0.25, 0.3) is 0 Å². The van der Waals surface area contributed by atoms with E-state index >= 15 is 0 Å². The maximum absolute atomic E-state index is 11.5. The van der Waals surface area contributed by atoms with E-state index in [1.807, 2.05) is 12.1 Å². The van der Waals surface area contributed by atoms with Crippen LogP contribution in [0, 0.1) is 0 Å². The Bertz CT molecular complexity index is 310. The van der Waals surface area contributed by atoms with E-state index in [-0.39, 0.29) is 24.8 Å². The molecule has 0 saturated carbocycles. The molecule has 0 aliphatic rings. The fourth-order valence-corrected chi connectivity index (χ4v) is 1.63. The molecule has 1 rings (SSSR count). The summed E-state index contributed by atoms with van der Waals surface area (Å²) in [7, 11) is -2.15. The summed E-state index contributed by atoms with van der Waals surface area (Å²) in [6.07, 6.45) is 1.64. The summed E-state index contributed by atoms with van der Waals surface area (Å²) in [4.78, 5) is 4.07. The molecule has 0 aromatic carbocycles. The number of hydrogen-bond acceptors (Lipinski definition) is 3. The third-order valence-electron chi connectivity index (χ3n) is 1.64. The fraction of sp³-hybridized carbons (Fsp3) is 0.375. The van der Waals surface area contributed by atoms with Gasteiger partial charge in [0.1, 0.15) is 7.14 Å². The van der Waals surface area contributed by atoms with Gasteiger partial charge in [0.2, 0.25) is 0 Å². The van der Waals surface area contributed by atoms with Gasteiger partial charge in [0.15, 0.2) is 0 Å². The molecule has 1 aromatic rings. The molecule has 2 N–H and O–H groups in total. The van der Waals surface area contributed by atoms with Crippen LogP contribution in [-0.2, 0) is 11.1 Å². The van der Waals surface area contributed by atoms with Crippen LogP contribution in [0.3, 0.4) is 0 Å². The first kappa shape index (κ1) is 16.4. The van der Waals surface area contributed by atoms with E-state index in [0.29, 0.717) is 6.54 Å². The third kappa shape index (κ3) is 4.43. The van der Waals surface area contributed by atoms with Crippen LogP contribution in [-0.4, -0.2) is 18.3 Å². The number of nitrogens with zero attached hydrogens (tertiary/aromatic N) is 1. The van der Waals surface area contributed by atoms with Gasteiger partial charge in [-0.05, 0) is 25.5 Å². The molecular formula is C8H15Cl2N2OP. The van der Waals surface area contributed by atoms with Crippen molar-refractivity contribution in [3.05, 3.63) is 24.0 Å². The van der Waals surface area contributed by atoms with Crippen LogP contribution in [0.15, 0.2) is 18.3 Å². The Hall–Kier alpha value is -0.0800. The van der Waals surface area contributed by atoms with Gasteiger partial charge >= 0.3 is 0 Å². The molecule has 0 radical (unpaired) electrons. The van der Waals surface area contributed by atoms with E-state index in [4.69, 9.17) is 5.73 Å². The van der Waals surface area contributed by atoms with Crippen molar-refractivity contribution in [1.82, 2.24) is 4.98 Å². The van der Waals surface area contributed by atoms with Gasteiger partial charge in [0.25, 0.3) is 0 Å². The lowest BCUT2D eigenvalue weighted by Crippen LogP contribution is -2.07. The fourth-order valence-electron chi connectivity index (χ4n) is 0.856. The van der Waals surface area contributed by atoms with Gasteiger partial charge in [-0.15, -0.1) is 24.8 Å². The lowest BCUT2D eigenvalue weighted by molar-refractivity contribution is 0.588. The van der Waals surface area contributed by atoms with Gasteiger partial charge in [0.05, 0.1) is 5.69 Å². The van der Waals surface area contributed by atoms with Gasteiger partial charge < -0.3 is 10.3 Å². The van der Waals surface area contributed by atoms with Crippen LogP contribution in [0.5, 0.6) is 0 Å². The molecule has 0 bridgehead atoms. The monoisotopic (exact) mass is 256 g/mol. The third-order valence-corrected chi connectivity index (χ3v) is 3.15. The zero-order chi connectivity index (χ0) is 9.19. The van der Waals surface area contributed by atoms with E-state index in [1.54, 1.807) is 19.5 Å². The minimum Gasteiger partial charge on any atom is -0.325 e. The molecule has 1 aromatic heterocycles. The Morgan fingerprint density at radius 3 is 2.21 bits per heavy atom. The first-order valence-corrected chi connectivity index (χ1v) is 6.34. The summed E-state index contributed by atoms with van der Waals surface area (Å²) < 4.78 is 11.5. The molecule has 0 aliphatic carbocycles. The number of hydrogen-bond donors (Lipinski definition) is 1. The normalized spacial score (nSPS) is 9.93. The van der Waals surface area contributed by atoms with Gasteiger partial charge in [-0.25, -0.2) is 0 Å². The van der Waals surface area contributed by atoms with E-state index in [0.717, 1.165) is 11.0 Å². The zero-order valence-corrected chi connectivity index (χ0v) is 10.7. The largest absolute Gasteiger partial charge is 0.325 e. The van der Waals surface area contributed by atoms with E-state index < -0.39 is 7.14 Å². The number of rotatable bonds is 2. The molecular weight excluding hydrogens is 242 g/mol. The molecule has 6 heteroatoms. The summed E-state index contributed by atoms with van der Waals surface area (Å²) in [5.74, 6) is 0. The Morgan fingerprint density at radius 1 is 1.36 bits per heavy atom. The molecule has 1 heterocycles. The minimum atomic E-state index is -2.15. The molecule has 0 fully saturated rings. The van der Waals surface area contributed by atoms with Crippen molar-refractivity contribution in [2.75, 3.05) is 13.3 Å². The van der Waals surface area contributed by atoms with Crippen molar-refractivity contribution in [1.29, 1.82) is 0 Å². The van der Waals surface area contributed by atoms with Crippen LogP contribution in [0.4, 0.5) is 0 Å². The SMILES string of the molecule is CP(C)(=O)c1ccc(CN)nc1.Cl.Cl. The standard InChI is InChI=1S/C8H13N2OP.2ClH/c1-12(2,11)8-4-3-7(5-9)10-6-8;;/h3-4,6H,5,9H2,1-2H3;2*1H. The summed E-state index contributed by atoms with van der Waals surface area (Å²) in [5, 5.41) is 0.805. The van der Waals surface area contributed by atoms with Gasteiger partial charge in [-0.2, -0.15) is 0 Å². The highest BCUT2D eigenvalue weighted by molar-refractivity contribution is 7.70. The highest BCUT2D eigenvalue weighted by Crippen LogP contribution is 2.33. The lowest BCUT2D eigenvalue weighted by atomic mass is 10.4. The van der Waals surface area contributed by atoms with Crippen LogP contribution in [0.1, 0.15) is 5.69 Å². The predicted molar refractivity (Wildman–Crippen MR) is 65.7 cm³/mol. The van der Waals surface area contributed by atoms with E-state index in [9.17, 15) is 4.57 Å². The first-order valence-electron chi connectivity index (χ1n) is 3.74. The molecule has 0 amide bonds. The Balaban J connectivity index is 0. The zero-order valence-electron chi connectivity index (χ0n) is 8.14. The first-order chi connectivity index (χ1) is 5.54. The van der Waals surface area contributed by atoms with Crippen molar-refractivity contribution >= 4 is 37.3 Å². The maximum atomic E-state index is 11.5. The summed E-state index contributed by atoms with van der Waals surface area (Å²) in [6, 6.07) is 3.64. The molecule has 14 heavy (non-hydrogen) atoms. The summed E-state index contributed by atoms with van der Waals surface area (Å²) in [6.45, 7) is 3.89. The summed E-state index contributed by atoms with van der Waals surface area (Å²) in [5.41, 5.74) is 6.20. The van der Waals surface area contributed by atoms with Gasteiger partial charge in [0, 0.05) is 18.0 Å². The Morgan fingerprint density at radius 2 is 1.93 bits per heavy atom.